The quantitative estimate of drug-likeness (QED) is 0.911. The molecular formula is C18H25N3. The molecule has 1 fully saturated rings. The number of hydrogen-bond donors (Lipinski definition) is 1. The average Bonchev–Trinajstić information content (AvgIpc) is 3.15. The van der Waals surface area contributed by atoms with Gasteiger partial charge in [0.2, 0.25) is 0 Å². The molecule has 3 rings (SSSR count). The van der Waals surface area contributed by atoms with Crippen LogP contribution in [-0.4, -0.2) is 16.3 Å². The molecule has 1 aromatic carbocycles. The van der Waals surface area contributed by atoms with Crippen molar-refractivity contribution < 1.29 is 0 Å². The number of rotatable bonds is 5. The zero-order valence-corrected chi connectivity index (χ0v) is 12.8. The summed E-state index contributed by atoms with van der Waals surface area (Å²) >= 11 is 0. The standard InChI is InChI=1S/C18H25N3/c1-14-5-4-6-15(11-14)16(13-19)12-17-9-10-21(20-17)18-7-2-3-8-18/h4-6,9-11,16,18H,2-3,7-8,12-13,19H2,1H3. The maximum Gasteiger partial charge on any atom is 0.0631 e. The van der Waals surface area contributed by atoms with Crippen LogP contribution in [-0.2, 0) is 6.42 Å². The smallest absolute Gasteiger partial charge is 0.0631 e. The number of hydrogen-bond acceptors (Lipinski definition) is 2. The average molecular weight is 283 g/mol. The van der Waals surface area contributed by atoms with E-state index < -0.39 is 0 Å². The second-order valence-corrected chi connectivity index (χ2v) is 6.28. The number of aromatic nitrogens is 2. The van der Waals surface area contributed by atoms with Crippen LogP contribution in [0.5, 0.6) is 0 Å². The largest absolute Gasteiger partial charge is 0.330 e. The molecule has 1 aliphatic rings. The van der Waals surface area contributed by atoms with Crippen molar-refractivity contribution in [3.05, 3.63) is 53.3 Å². The summed E-state index contributed by atoms with van der Waals surface area (Å²) in [5.74, 6) is 0.358. The van der Waals surface area contributed by atoms with E-state index in [-0.39, 0.29) is 0 Å². The summed E-state index contributed by atoms with van der Waals surface area (Å²) in [6, 6.07) is 11.4. The fourth-order valence-corrected chi connectivity index (χ4v) is 3.37. The number of nitrogens with zero attached hydrogens (tertiary/aromatic N) is 2. The summed E-state index contributed by atoms with van der Waals surface area (Å²) in [5, 5.41) is 4.79. The van der Waals surface area contributed by atoms with Gasteiger partial charge in [0.15, 0.2) is 0 Å². The predicted molar refractivity (Wildman–Crippen MR) is 86.4 cm³/mol. The Morgan fingerprint density at radius 1 is 1.29 bits per heavy atom. The highest BCUT2D eigenvalue weighted by Gasteiger charge is 2.18. The van der Waals surface area contributed by atoms with Crippen molar-refractivity contribution in [3.8, 4) is 0 Å². The van der Waals surface area contributed by atoms with Gasteiger partial charge in [-0.2, -0.15) is 5.10 Å². The summed E-state index contributed by atoms with van der Waals surface area (Å²) in [7, 11) is 0. The minimum atomic E-state index is 0.358. The second-order valence-electron chi connectivity index (χ2n) is 6.28. The molecule has 112 valence electrons. The Balaban J connectivity index is 1.72. The Morgan fingerprint density at radius 2 is 2.10 bits per heavy atom. The molecule has 1 heterocycles. The number of benzene rings is 1. The SMILES string of the molecule is Cc1cccc(C(CN)Cc2ccn(C3CCCC3)n2)c1. The summed E-state index contributed by atoms with van der Waals surface area (Å²) in [6.07, 6.45) is 8.32. The van der Waals surface area contributed by atoms with Gasteiger partial charge in [0.05, 0.1) is 11.7 Å². The first-order chi connectivity index (χ1) is 10.3. The topological polar surface area (TPSA) is 43.8 Å². The van der Waals surface area contributed by atoms with E-state index in [1.807, 2.05) is 0 Å². The zero-order valence-electron chi connectivity index (χ0n) is 12.8. The van der Waals surface area contributed by atoms with Crippen molar-refractivity contribution in [2.75, 3.05) is 6.54 Å². The van der Waals surface area contributed by atoms with Gasteiger partial charge in [-0.25, -0.2) is 0 Å². The van der Waals surface area contributed by atoms with Crippen LogP contribution in [0, 0.1) is 6.92 Å². The van der Waals surface area contributed by atoms with Crippen LogP contribution in [0.4, 0.5) is 0 Å². The lowest BCUT2D eigenvalue weighted by atomic mass is 9.93. The molecule has 21 heavy (non-hydrogen) atoms. The molecule has 0 radical (unpaired) electrons. The Hall–Kier alpha value is -1.61. The number of nitrogens with two attached hydrogens (primary N) is 1. The normalized spacial score (nSPS) is 17.2. The molecule has 1 aliphatic carbocycles. The lowest BCUT2D eigenvalue weighted by molar-refractivity contribution is 0.461. The molecule has 1 unspecified atom stereocenters. The monoisotopic (exact) mass is 283 g/mol. The van der Waals surface area contributed by atoms with Crippen molar-refractivity contribution >= 4 is 0 Å². The molecule has 0 saturated heterocycles. The third-order valence-electron chi connectivity index (χ3n) is 4.62. The lowest BCUT2D eigenvalue weighted by Crippen LogP contribution is -2.16. The van der Waals surface area contributed by atoms with Crippen molar-refractivity contribution in [3.63, 3.8) is 0 Å². The van der Waals surface area contributed by atoms with E-state index in [9.17, 15) is 0 Å². The molecule has 1 aromatic heterocycles. The van der Waals surface area contributed by atoms with Gasteiger partial charge in [-0.3, -0.25) is 4.68 Å². The molecule has 2 N–H and O–H groups in total. The van der Waals surface area contributed by atoms with Gasteiger partial charge >= 0.3 is 0 Å². The van der Waals surface area contributed by atoms with E-state index in [1.165, 1.54) is 42.5 Å². The zero-order chi connectivity index (χ0) is 14.7. The van der Waals surface area contributed by atoms with Gasteiger partial charge in [0, 0.05) is 12.1 Å². The van der Waals surface area contributed by atoms with Gasteiger partial charge in [-0.1, -0.05) is 42.7 Å². The van der Waals surface area contributed by atoms with Crippen LogP contribution in [0.1, 0.15) is 54.5 Å². The second kappa shape index (κ2) is 6.44. The highest BCUT2D eigenvalue weighted by atomic mass is 15.3. The Bertz CT molecular complexity index is 582. The van der Waals surface area contributed by atoms with Crippen molar-refractivity contribution in [1.82, 2.24) is 9.78 Å². The van der Waals surface area contributed by atoms with Crippen LogP contribution < -0.4 is 5.73 Å². The third-order valence-corrected chi connectivity index (χ3v) is 4.62. The van der Waals surface area contributed by atoms with E-state index in [4.69, 9.17) is 10.8 Å². The molecular weight excluding hydrogens is 258 g/mol. The number of aryl methyl sites for hydroxylation is 1. The minimum absolute atomic E-state index is 0.358. The first-order valence-corrected chi connectivity index (χ1v) is 8.07. The fraction of sp³-hybridized carbons (Fsp3) is 0.500. The first-order valence-electron chi connectivity index (χ1n) is 8.07. The Morgan fingerprint density at radius 3 is 2.81 bits per heavy atom. The Labute approximate surface area is 127 Å². The van der Waals surface area contributed by atoms with Crippen LogP contribution in [0.15, 0.2) is 36.5 Å². The molecule has 0 bridgehead atoms. The molecule has 2 aromatic rings. The van der Waals surface area contributed by atoms with Crippen LogP contribution >= 0.6 is 0 Å². The van der Waals surface area contributed by atoms with Crippen LogP contribution in [0.25, 0.3) is 0 Å². The van der Waals surface area contributed by atoms with Crippen LogP contribution in [0.3, 0.4) is 0 Å². The highest BCUT2D eigenvalue weighted by Crippen LogP contribution is 2.29. The van der Waals surface area contributed by atoms with E-state index in [0.29, 0.717) is 18.5 Å². The van der Waals surface area contributed by atoms with Crippen molar-refractivity contribution in [2.24, 2.45) is 5.73 Å². The maximum absolute atomic E-state index is 6.00. The van der Waals surface area contributed by atoms with E-state index in [1.54, 1.807) is 0 Å². The molecule has 0 amide bonds. The molecule has 1 saturated carbocycles. The minimum Gasteiger partial charge on any atom is -0.330 e. The van der Waals surface area contributed by atoms with Gasteiger partial charge in [-0.05, 0) is 44.4 Å². The third kappa shape index (κ3) is 3.35. The first kappa shape index (κ1) is 14.3. The van der Waals surface area contributed by atoms with Gasteiger partial charge in [-0.15, -0.1) is 0 Å². The summed E-state index contributed by atoms with van der Waals surface area (Å²) < 4.78 is 2.17. The predicted octanol–water partition coefficient (Wildman–Crippen LogP) is 3.59. The fourth-order valence-electron chi connectivity index (χ4n) is 3.37. The lowest BCUT2D eigenvalue weighted by Gasteiger charge is -2.15. The van der Waals surface area contributed by atoms with Gasteiger partial charge < -0.3 is 5.73 Å². The maximum atomic E-state index is 6.00. The molecule has 3 nitrogen and oxygen atoms in total. The summed E-state index contributed by atoms with van der Waals surface area (Å²) in [5.41, 5.74) is 9.78. The van der Waals surface area contributed by atoms with Crippen LogP contribution in [0.2, 0.25) is 0 Å². The molecule has 1 atom stereocenters. The summed E-state index contributed by atoms with van der Waals surface area (Å²) in [4.78, 5) is 0. The van der Waals surface area contributed by atoms with E-state index >= 15 is 0 Å². The summed E-state index contributed by atoms with van der Waals surface area (Å²) in [6.45, 7) is 2.80. The van der Waals surface area contributed by atoms with Crippen molar-refractivity contribution in [1.29, 1.82) is 0 Å². The molecule has 0 spiro atoms. The highest BCUT2D eigenvalue weighted by molar-refractivity contribution is 5.27. The Kier molecular flexibility index (Phi) is 4.39. The van der Waals surface area contributed by atoms with E-state index in [2.05, 4.69) is 48.1 Å². The molecule has 0 aliphatic heterocycles. The van der Waals surface area contributed by atoms with Crippen molar-refractivity contribution in [2.45, 2.75) is 51.0 Å². The molecule has 3 heteroatoms. The van der Waals surface area contributed by atoms with Gasteiger partial charge in [0.1, 0.15) is 0 Å². The van der Waals surface area contributed by atoms with Gasteiger partial charge in [0.25, 0.3) is 0 Å². The van der Waals surface area contributed by atoms with E-state index in [0.717, 1.165) is 6.42 Å².